The Bertz CT molecular complexity index is 897. The molecule has 1 aliphatic rings. The van der Waals surface area contributed by atoms with Gasteiger partial charge in [-0.25, -0.2) is 0 Å². The maximum atomic E-state index is 12.2. The van der Waals surface area contributed by atoms with Crippen LogP contribution in [0.25, 0.3) is 0 Å². The molecular weight excluding hydrogens is 384 g/mol. The molecule has 1 saturated heterocycles. The maximum Gasteiger partial charge on any atom is 0.224 e. The van der Waals surface area contributed by atoms with E-state index >= 15 is 0 Å². The molecule has 0 aliphatic carbocycles. The number of thiophene rings is 1. The number of nitrogens with zero attached hydrogens (tertiary/aromatic N) is 1. The summed E-state index contributed by atoms with van der Waals surface area (Å²) in [4.78, 5) is 40.5. The van der Waals surface area contributed by atoms with E-state index in [1.807, 2.05) is 25.1 Å². The minimum Gasteiger partial charge on any atom is -0.371 e. The number of benzene rings is 1. The van der Waals surface area contributed by atoms with E-state index in [0.717, 1.165) is 29.2 Å². The van der Waals surface area contributed by atoms with E-state index in [2.05, 4.69) is 23.2 Å². The molecule has 1 aromatic carbocycles. The normalized spacial score (nSPS) is 13.5. The largest absolute Gasteiger partial charge is 0.371 e. The van der Waals surface area contributed by atoms with E-state index in [9.17, 15) is 14.4 Å². The van der Waals surface area contributed by atoms with Crippen molar-refractivity contribution in [2.75, 3.05) is 23.3 Å². The zero-order valence-corrected chi connectivity index (χ0v) is 17.9. The Labute approximate surface area is 176 Å². The Balaban J connectivity index is 1.41. The number of carbonyl (C=O) groups is 3. The molecule has 0 spiro atoms. The predicted octanol–water partition coefficient (Wildman–Crippen LogP) is 4.92. The molecule has 1 aliphatic heterocycles. The topological polar surface area (TPSA) is 66.5 Å². The van der Waals surface area contributed by atoms with Gasteiger partial charge >= 0.3 is 0 Å². The number of nitrogens with one attached hydrogen (secondary N) is 1. The van der Waals surface area contributed by atoms with Crippen molar-refractivity contribution in [1.82, 2.24) is 0 Å². The Hall–Kier alpha value is -2.47. The summed E-state index contributed by atoms with van der Waals surface area (Å²) in [6.45, 7) is 6.18. The summed E-state index contributed by atoms with van der Waals surface area (Å²) >= 11 is 1.45. The van der Waals surface area contributed by atoms with Crippen LogP contribution in [0, 0.1) is 13.8 Å². The minimum absolute atomic E-state index is 0.00512. The monoisotopic (exact) mass is 412 g/mol. The van der Waals surface area contributed by atoms with Crippen LogP contribution in [0.2, 0.25) is 0 Å². The van der Waals surface area contributed by atoms with Crippen molar-refractivity contribution in [1.29, 1.82) is 0 Å². The lowest BCUT2D eigenvalue weighted by Crippen LogP contribution is -2.19. The van der Waals surface area contributed by atoms with Crippen LogP contribution in [0.5, 0.6) is 0 Å². The van der Waals surface area contributed by atoms with Crippen LogP contribution in [0.15, 0.2) is 30.3 Å². The molecular formula is C23H28N2O3S. The maximum absolute atomic E-state index is 12.2. The van der Waals surface area contributed by atoms with Crippen LogP contribution in [0.4, 0.5) is 11.4 Å². The fraction of sp³-hybridized carbons (Fsp3) is 0.435. The highest BCUT2D eigenvalue weighted by atomic mass is 32.1. The van der Waals surface area contributed by atoms with Gasteiger partial charge in [-0.3, -0.25) is 14.4 Å². The first-order valence-electron chi connectivity index (χ1n) is 10.2. The number of anilines is 2. The third-order valence-corrected chi connectivity index (χ3v) is 6.25. The van der Waals surface area contributed by atoms with Gasteiger partial charge in [-0.15, -0.1) is 11.3 Å². The molecule has 0 saturated carbocycles. The second-order valence-electron chi connectivity index (χ2n) is 7.62. The van der Waals surface area contributed by atoms with Gasteiger partial charge in [0.2, 0.25) is 5.91 Å². The SMILES string of the molecule is Cc1ccc(C(=O)CCC(=O)CCC(=O)Nc2ccc(N3CCCC3)c(C)c2)s1. The molecule has 1 amide bonds. The number of rotatable bonds is 9. The number of aryl methyl sites for hydroxylation is 2. The van der Waals surface area contributed by atoms with Gasteiger partial charge in [0, 0.05) is 55.0 Å². The molecule has 154 valence electrons. The van der Waals surface area contributed by atoms with E-state index in [1.165, 1.54) is 29.9 Å². The van der Waals surface area contributed by atoms with Gasteiger partial charge in [-0.1, -0.05) is 0 Å². The third kappa shape index (κ3) is 6.00. The number of carbonyl (C=O) groups excluding carboxylic acids is 3. The summed E-state index contributed by atoms with van der Waals surface area (Å²) in [5.41, 5.74) is 3.12. The standard InChI is InChI=1S/C23H28N2O3S/c1-16-15-18(6-9-20(16)25-13-3-4-14-25)24-23(28)12-8-19(26)7-10-21(27)22-11-5-17(2)29-22/h5-6,9,11,15H,3-4,7-8,10,12-14H2,1-2H3,(H,24,28). The lowest BCUT2D eigenvalue weighted by Gasteiger charge is -2.20. The van der Waals surface area contributed by atoms with Crippen LogP contribution in [0.3, 0.4) is 0 Å². The third-order valence-electron chi connectivity index (χ3n) is 5.20. The summed E-state index contributed by atoms with van der Waals surface area (Å²) in [5.74, 6) is -0.233. The number of amides is 1. The van der Waals surface area contributed by atoms with Crippen molar-refractivity contribution < 1.29 is 14.4 Å². The lowest BCUT2D eigenvalue weighted by atomic mass is 10.1. The number of hydrogen-bond acceptors (Lipinski definition) is 5. The highest BCUT2D eigenvalue weighted by Gasteiger charge is 2.15. The second-order valence-corrected chi connectivity index (χ2v) is 8.90. The van der Waals surface area contributed by atoms with E-state index in [-0.39, 0.29) is 43.2 Å². The quantitative estimate of drug-likeness (QED) is 0.594. The van der Waals surface area contributed by atoms with Crippen molar-refractivity contribution in [2.45, 2.75) is 52.4 Å². The molecule has 2 aromatic rings. The van der Waals surface area contributed by atoms with Crippen molar-refractivity contribution in [3.63, 3.8) is 0 Å². The molecule has 29 heavy (non-hydrogen) atoms. The minimum atomic E-state index is -0.174. The van der Waals surface area contributed by atoms with Crippen molar-refractivity contribution >= 4 is 40.2 Å². The van der Waals surface area contributed by atoms with Gasteiger partial charge in [0.1, 0.15) is 5.78 Å². The number of ketones is 2. The van der Waals surface area contributed by atoms with Gasteiger partial charge in [-0.05, 0) is 62.6 Å². The highest BCUT2D eigenvalue weighted by Crippen LogP contribution is 2.26. The van der Waals surface area contributed by atoms with Gasteiger partial charge in [0.15, 0.2) is 5.78 Å². The van der Waals surface area contributed by atoms with Crippen LogP contribution in [-0.4, -0.2) is 30.6 Å². The van der Waals surface area contributed by atoms with Crippen LogP contribution in [-0.2, 0) is 9.59 Å². The van der Waals surface area contributed by atoms with Crippen molar-refractivity contribution in [3.8, 4) is 0 Å². The van der Waals surface area contributed by atoms with E-state index < -0.39 is 0 Å². The number of Topliss-reactive ketones (excluding diaryl/α,β-unsaturated/α-hetero) is 2. The fourth-order valence-corrected chi connectivity index (χ4v) is 4.44. The van der Waals surface area contributed by atoms with Crippen LogP contribution < -0.4 is 10.2 Å². The van der Waals surface area contributed by atoms with E-state index in [0.29, 0.717) is 4.88 Å². The molecule has 1 fully saturated rings. The average Bonchev–Trinajstić information content (AvgIpc) is 3.36. The smallest absolute Gasteiger partial charge is 0.224 e. The second kappa shape index (κ2) is 9.83. The Kier molecular flexibility index (Phi) is 7.20. The summed E-state index contributed by atoms with van der Waals surface area (Å²) in [7, 11) is 0. The zero-order valence-electron chi connectivity index (χ0n) is 17.1. The van der Waals surface area contributed by atoms with Gasteiger partial charge in [0.05, 0.1) is 4.88 Å². The molecule has 2 heterocycles. The first kappa shape index (κ1) is 21.2. The molecule has 0 atom stereocenters. The Morgan fingerprint density at radius 3 is 2.34 bits per heavy atom. The Morgan fingerprint density at radius 2 is 1.69 bits per heavy atom. The highest BCUT2D eigenvalue weighted by molar-refractivity contribution is 7.14. The molecule has 3 rings (SSSR count). The van der Waals surface area contributed by atoms with Gasteiger partial charge in [0.25, 0.3) is 0 Å². The lowest BCUT2D eigenvalue weighted by molar-refractivity contribution is -0.122. The fourth-order valence-electron chi connectivity index (χ4n) is 3.61. The molecule has 5 nitrogen and oxygen atoms in total. The zero-order chi connectivity index (χ0) is 20.8. The molecule has 6 heteroatoms. The average molecular weight is 413 g/mol. The summed E-state index contributed by atoms with van der Waals surface area (Å²) < 4.78 is 0. The number of hydrogen-bond donors (Lipinski definition) is 1. The van der Waals surface area contributed by atoms with Crippen LogP contribution in [0.1, 0.15) is 58.6 Å². The summed E-state index contributed by atoms with van der Waals surface area (Å²) in [5, 5.41) is 2.87. The van der Waals surface area contributed by atoms with Gasteiger partial charge in [-0.2, -0.15) is 0 Å². The molecule has 0 radical (unpaired) electrons. The van der Waals surface area contributed by atoms with E-state index in [4.69, 9.17) is 0 Å². The van der Waals surface area contributed by atoms with Crippen molar-refractivity contribution in [2.24, 2.45) is 0 Å². The first-order valence-corrected chi connectivity index (χ1v) is 11.0. The first-order chi connectivity index (χ1) is 13.9. The molecule has 1 N–H and O–H groups in total. The molecule has 0 unspecified atom stereocenters. The molecule has 0 bridgehead atoms. The summed E-state index contributed by atoms with van der Waals surface area (Å²) in [6, 6.07) is 9.66. The molecule has 1 aromatic heterocycles. The van der Waals surface area contributed by atoms with Crippen molar-refractivity contribution in [3.05, 3.63) is 45.6 Å². The van der Waals surface area contributed by atoms with Crippen LogP contribution >= 0.6 is 11.3 Å². The van der Waals surface area contributed by atoms with E-state index in [1.54, 1.807) is 6.07 Å². The summed E-state index contributed by atoms with van der Waals surface area (Å²) in [6.07, 6.45) is 3.14. The predicted molar refractivity (Wildman–Crippen MR) is 118 cm³/mol. The van der Waals surface area contributed by atoms with Gasteiger partial charge < -0.3 is 10.2 Å². The Morgan fingerprint density at radius 1 is 0.966 bits per heavy atom.